The Morgan fingerprint density at radius 1 is 0.917 bits per heavy atom. The van der Waals surface area contributed by atoms with Crippen LogP contribution in [0.1, 0.15) is 78.1 Å². The van der Waals surface area contributed by atoms with Crippen molar-refractivity contribution in [2.75, 3.05) is 33.3 Å². The largest absolute Gasteiger partial charge is 1.00 e. The Labute approximate surface area is 156 Å². The summed E-state index contributed by atoms with van der Waals surface area (Å²) < 4.78 is 6.10. The number of nitrogens with zero attached hydrogens (tertiary/aromatic N) is 1. The van der Waals surface area contributed by atoms with Crippen molar-refractivity contribution in [2.45, 2.75) is 78.1 Å². The van der Waals surface area contributed by atoms with Crippen molar-refractivity contribution in [3.63, 3.8) is 0 Å². The minimum atomic E-state index is -0.313. The Bertz CT molecular complexity index is 310. The zero-order valence-electron chi connectivity index (χ0n) is 16.3. The number of carbonyl (C=O) groups excluding carboxylic acids is 1. The first-order chi connectivity index (χ1) is 11.1. The first-order valence-corrected chi connectivity index (χ1v) is 9.70. The molecule has 0 rings (SSSR count). The SMILES string of the molecule is C=CC(=O)OCC[N+](C)(CC)CCCCCCCCCCCC.[Cl-]. The molecule has 0 aromatic heterocycles. The quantitative estimate of drug-likeness (QED) is 0.182. The fourth-order valence-electron chi connectivity index (χ4n) is 2.83. The number of rotatable bonds is 16. The van der Waals surface area contributed by atoms with Gasteiger partial charge in [-0.1, -0.05) is 64.9 Å². The van der Waals surface area contributed by atoms with Crippen LogP contribution >= 0.6 is 0 Å². The Morgan fingerprint density at radius 2 is 1.42 bits per heavy atom. The fourth-order valence-corrected chi connectivity index (χ4v) is 2.83. The van der Waals surface area contributed by atoms with Crippen LogP contribution in [0, 0.1) is 0 Å². The number of esters is 1. The summed E-state index contributed by atoms with van der Waals surface area (Å²) >= 11 is 0. The van der Waals surface area contributed by atoms with E-state index in [0.29, 0.717) is 6.61 Å². The number of ether oxygens (including phenoxy) is 1. The summed E-state index contributed by atoms with van der Waals surface area (Å²) in [7, 11) is 2.26. The topological polar surface area (TPSA) is 26.3 Å². The Balaban J connectivity index is 0. The van der Waals surface area contributed by atoms with Crippen molar-refractivity contribution in [3.8, 4) is 0 Å². The zero-order chi connectivity index (χ0) is 17.4. The predicted molar refractivity (Wildman–Crippen MR) is 99.5 cm³/mol. The lowest BCUT2D eigenvalue weighted by molar-refractivity contribution is -0.908. The molecule has 0 bridgehead atoms. The van der Waals surface area contributed by atoms with Crippen molar-refractivity contribution in [3.05, 3.63) is 12.7 Å². The van der Waals surface area contributed by atoms with E-state index in [4.69, 9.17) is 4.74 Å². The fraction of sp³-hybridized carbons (Fsp3) is 0.850. The monoisotopic (exact) mass is 361 g/mol. The molecule has 0 aromatic rings. The molecule has 0 amide bonds. The van der Waals surface area contributed by atoms with Gasteiger partial charge in [-0.15, -0.1) is 0 Å². The average molecular weight is 362 g/mol. The maximum Gasteiger partial charge on any atom is 0.330 e. The highest BCUT2D eigenvalue weighted by atomic mass is 35.5. The molecule has 0 aliphatic rings. The number of carbonyl (C=O) groups is 1. The molecule has 24 heavy (non-hydrogen) atoms. The van der Waals surface area contributed by atoms with E-state index in [-0.39, 0.29) is 18.4 Å². The van der Waals surface area contributed by atoms with Crippen molar-refractivity contribution in [1.29, 1.82) is 0 Å². The third kappa shape index (κ3) is 15.0. The van der Waals surface area contributed by atoms with Crippen molar-refractivity contribution in [2.24, 2.45) is 0 Å². The normalized spacial score (nSPS) is 13.0. The van der Waals surface area contributed by atoms with E-state index >= 15 is 0 Å². The molecule has 0 aromatic carbocycles. The summed E-state index contributed by atoms with van der Waals surface area (Å²) in [5.74, 6) is -0.313. The molecule has 1 atom stereocenters. The third-order valence-electron chi connectivity index (χ3n) is 4.86. The van der Waals surface area contributed by atoms with Crippen LogP contribution in [0.15, 0.2) is 12.7 Å². The number of quaternary nitrogens is 1. The highest BCUT2D eigenvalue weighted by Crippen LogP contribution is 2.12. The molecule has 4 heteroatoms. The number of unbranched alkanes of at least 4 members (excludes halogenated alkanes) is 9. The van der Waals surface area contributed by atoms with Gasteiger partial charge in [0.05, 0.1) is 20.1 Å². The van der Waals surface area contributed by atoms with Crippen molar-refractivity contribution < 1.29 is 26.4 Å². The maximum absolute atomic E-state index is 11.1. The number of likely N-dealkylation sites (N-methyl/N-ethyl adjacent to an activating group) is 1. The van der Waals surface area contributed by atoms with Crippen LogP contribution in [0.4, 0.5) is 0 Å². The molecule has 0 radical (unpaired) electrons. The van der Waals surface area contributed by atoms with E-state index in [1.807, 2.05) is 0 Å². The summed E-state index contributed by atoms with van der Waals surface area (Å²) in [6.45, 7) is 11.6. The van der Waals surface area contributed by atoms with Crippen molar-refractivity contribution >= 4 is 5.97 Å². The molecule has 0 fully saturated rings. The number of hydrogen-bond donors (Lipinski definition) is 0. The van der Waals surface area contributed by atoms with Gasteiger partial charge >= 0.3 is 5.97 Å². The Morgan fingerprint density at radius 3 is 1.88 bits per heavy atom. The lowest BCUT2D eigenvalue weighted by Crippen LogP contribution is -3.00. The van der Waals surface area contributed by atoms with E-state index < -0.39 is 0 Å². The minimum Gasteiger partial charge on any atom is -1.00 e. The highest BCUT2D eigenvalue weighted by Gasteiger charge is 2.18. The van der Waals surface area contributed by atoms with E-state index in [1.165, 1.54) is 76.8 Å². The van der Waals surface area contributed by atoms with Gasteiger partial charge in [0.25, 0.3) is 0 Å². The molecule has 1 unspecified atom stereocenters. The molecule has 144 valence electrons. The molecule has 0 saturated heterocycles. The summed E-state index contributed by atoms with van der Waals surface area (Å²) in [6.07, 6.45) is 15.0. The molecule has 3 nitrogen and oxygen atoms in total. The second-order valence-electron chi connectivity index (χ2n) is 6.94. The zero-order valence-corrected chi connectivity index (χ0v) is 17.1. The van der Waals surface area contributed by atoms with Crippen LogP contribution < -0.4 is 12.4 Å². The molecular weight excluding hydrogens is 322 g/mol. The summed E-state index contributed by atoms with van der Waals surface area (Å²) in [6, 6.07) is 0. The first-order valence-electron chi connectivity index (χ1n) is 9.70. The van der Waals surface area contributed by atoms with Gasteiger partial charge in [0.1, 0.15) is 13.2 Å². The second-order valence-corrected chi connectivity index (χ2v) is 6.94. The average Bonchev–Trinajstić information content (AvgIpc) is 2.56. The van der Waals surface area contributed by atoms with Gasteiger partial charge < -0.3 is 21.6 Å². The molecule has 0 aliphatic carbocycles. The third-order valence-corrected chi connectivity index (χ3v) is 4.86. The molecule has 0 aliphatic heterocycles. The molecular formula is C20H40ClNO2. The standard InChI is InChI=1S/C20H40NO2.ClH/c1-5-8-9-10-11-12-13-14-15-16-17-21(4,7-3)18-19-23-20(22)6-2;/h6H,2,5,7-19H2,1,3-4H3;1H/q+1;/p-1. The van der Waals surface area contributed by atoms with Crippen LogP contribution in [0.2, 0.25) is 0 Å². The molecule has 0 N–H and O–H groups in total. The van der Waals surface area contributed by atoms with Gasteiger partial charge in [0.2, 0.25) is 0 Å². The minimum absolute atomic E-state index is 0. The Hall–Kier alpha value is -0.540. The van der Waals surface area contributed by atoms with Crippen LogP contribution in [0.5, 0.6) is 0 Å². The molecule has 0 saturated carbocycles. The summed E-state index contributed by atoms with van der Waals surface area (Å²) in [5.41, 5.74) is 0. The van der Waals surface area contributed by atoms with E-state index in [1.54, 1.807) is 0 Å². The van der Waals surface area contributed by atoms with Gasteiger partial charge in [0.15, 0.2) is 0 Å². The van der Waals surface area contributed by atoms with Gasteiger partial charge in [-0.25, -0.2) is 4.79 Å². The molecule has 0 spiro atoms. The van der Waals surface area contributed by atoms with Gasteiger partial charge in [-0.05, 0) is 19.8 Å². The van der Waals surface area contributed by atoms with E-state index in [0.717, 1.165) is 17.6 Å². The summed E-state index contributed by atoms with van der Waals surface area (Å²) in [5, 5.41) is 0. The van der Waals surface area contributed by atoms with Gasteiger partial charge in [-0.2, -0.15) is 0 Å². The lowest BCUT2D eigenvalue weighted by Gasteiger charge is -2.33. The summed E-state index contributed by atoms with van der Waals surface area (Å²) in [4.78, 5) is 11.1. The van der Waals surface area contributed by atoms with Crippen molar-refractivity contribution in [1.82, 2.24) is 0 Å². The lowest BCUT2D eigenvalue weighted by atomic mass is 10.1. The smallest absolute Gasteiger partial charge is 0.330 e. The molecule has 0 heterocycles. The number of halogens is 1. The second kappa shape index (κ2) is 17.3. The number of hydrogen-bond acceptors (Lipinski definition) is 2. The Kier molecular flexibility index (Phi) is 18.5. The highest BCUT2D eigenvalue weighted by molar-refractivity contribution is 5.81. The van der Waals surface area contributed by atoms with E-state index in [9.17, 15) is 4.79 Å². The van der Waals surface area contributed by atoms with Crippen LogP contribution in [-0.4, -0.2) is 43.7 Å². The van der Waals surface area contributed by atoms with Crippen LogP contribution in [-0.2, 0) is 9.53 Å². The van der Waals surface area contributed by atoms with Gasteiger partial charge in [0, 0.05) is 6.08 Å². The van der Waals surface area contributed by atoms with Crippen LogP contribution in [0.3, 0.4) is 0 Å². The van der Waals surface area contributed by atoms with Crippen LogP contribution in [0.25, 0.3) is 0 Å². The van der Waals surface area contributed by atoms with Gasteiger partial charge in [-0.3, -0.25) is 0 Å². The van der Waals surface area contributed by atoms with E-state index in [2.05, 4.69) is 27.5 Å². The first kappa shape index (κ1) is 25.7. The predicted octanol–water partition coefficient (Wildman–Crippen LogP) is 2.11. The maximum atomic E-state index is 11.1.